The molecule has 0 bridgehead atoms. The summed E-state index contributed by atoms with van der Waals surface area (Å²) >= 11 is 5.16. The Morgan fingerprint density at radius 2 is 2.46 bits per heavy atom. The van der Waals surface area contributed by atoms with Crippen LogP contribution in [-0.2, 0) is 0 Å². The van der Waals surface area contributed by atoms with E-state index in [0.717, 1.165) is 17.6 Å². The molecule has 0 unspecified atom stereocenters. The maximum absolute atomic E-state index is 8.91. The highest BCUT2D eigenvalue weighted by molar-refractivity contribution is 9.10. The van der Waals surface area contributed by atoms with Gasteiger partial charge in [-0.25, -0.2) is 0 Å². The highest BCUT2D eigenvalue weighted by atomic mass is 79.9. The van der Waals surface area contributed by atoms with E-state index in [1.54, 1.807) is 11.3 Å². The van der Waals surface area contributed by atoms with Crippen molar-refractivity contribution in [2.45, 2.75) is 5.92 Å². The molecule has 2 nitrogen and oxygen atoms in total. The maximum Gasteiger partial charge on any atom is 0.0676 e. The highest BCUT2D eigenvalue weighted by Gasteiger charge is 2.29. The monoisotopic (exact) mass is 256 g/mol. The Morgan fingerprint density at radius 1 is 1.62 bits per heavy atom. The number of nitrogens with zero attached hydrogens (tertiary/aromatic N) is 1. The lowest BCUT2D eigenvalue weighted by molar-refractivity contribution is 0.656. The predicted octanol–water partition coefficient (Wildman–Crippen LogP) is 2.34. The number of thiophene rings is 1. The van der Waals surface area contributed by atoms with Gasteiger partial charge in [0.1, 0.15) is 0 Å². The van der Waals surface area contributed by atoms with Gasteiger partial charge in [-0.05, 0) is 22.0 Å². The Kier molecular flexibility index (Phi) is 2.68. The molecule has 1 aromatic heterocycles. The molecule has 13 heavy (non-hydrogen) atoms. The second-order valence-electron chi connectivity index (χ2n) is 3.17. The van der Waals surface area contributed by atoms with E-state index in [-0.39, 0.29) is 5.92 Å². The lowest BCUT2D eigenvalue weighted by Crippen LogP contribution is -2.07. The molecule has 1 aliphatic heterocycles. The summed E-state index contributed by atoms with van der Waals surface area (Å²) in [5.41, 5.74) is 0. The van der Waals surface area contributed by atoms with Crippen LogP contribution in [0.5, 0.6) is 0 Å². The molecule has 0 aromatic carbocycles. The van der Waals surface area contributed by atoms with Gasteiger partial charge in [0.15, 0.2) is 0 Å². The van der Waals surface area contributed by atoms with E-state index < -0.39 is 0 Å². The molecule has 0 saturated carbocycles. The van der Waals surface area contributed by atoms with Crippen LogP contribution in [0.25, 0.3) is 0 Å². The average Bonchev–Trinajstić information content (AvgIpc) is 2.71. The molecule has 0 amide bonds. The number of hydrogen-bond acceptors (Lipinski definition) is 3. The van der Waals surface area contributed by atoms with Crippen LogP contribution in [0.1, 0.15) is 10.8 Å². The van der Waals surface area contributed by atoms with Crippen molar-refractivity contribution in [3.63, 3.8) is 0 Å². The van der Waals surface area contributed by atoms with E-state index in [1.165, 1.54) is 4.88 Å². The van der Waals surface area contributed by atoms with Crippen LogP contribution >= 0.6 is 27.3 Å². The van der Waals surface area contributed by atoms with Crippen molar-refractivity contribution in [1.29, 1.82) is 5.26 Å². The fraction of sp³-hybridized carbons (Fsp3) is 0.444. The highest BCUT2D eigenvalue weighted by Crippen LogP contribution is 2.33. The third kappa shape index (κ3) is 1.78. The van der Waals surface area contributed by atoms with Crippen molar-refractivity contribution < 1.29 is 0 Å². The van der Waals surface area contributed by atoms with E-state index in [1.807, 2.05) is 0 Å². The number of rotatable bonds is 1. The largest absolute Gasteiger partial charge is 0.315 e. The number of hydrogen-bond donors (Lipinski definition) is 1. The first-order valence-corrected chi connectivity index (χ1v) is 5.83. The van der Waals surface area contributed by atoms with Gasteiger partial charge >= 0.3 is 0 Å². The maximum atomic E-state index is 8.91. The summed E-state index contributed by atoms with van der Waals surface area (Å²) in [6.45, 7) is 1.77. The molecule has 1 fully saturated rings. The van der Waals surface area contributed by atoms with Crippen LogP contribution in [0.4, 0.5) is 0 Å². The molecular weight excluding hydrogens is 248 g/mol. The normalized spacial score (nSPS) is 27.4. The summed E-state index contributed by atoms with van der Waals surface area (Å²) < 4.78 is 1.12. The van der Waals surface area contributed by atoms with Gasteiger partial charge in [0, 0.05) is 33.7 Å². The van der Waals surface area contributed by atoms with Crippen LogP contribution in [0, 0.1) is 17.2 Å². The fourth-order valence-electron chi connectivity index (χ4n) is 1.64. The molecule has 0 radical (unpaired) electrons. The molecule has 2 heterocycles. The lowest BCUT2D eigenvalue weighted by atomic mass is 9.96. The first kappa shape index (κ1) is 9.20. The minimum atomic E-state index is 0.144. The van der Waals surface area contributed by atoms with Crippen LogP contribution in [0.3, 0.4) is 0 Å². The van der Waals surface area contributed by atoms with Crippen molar-refractivity contribution >= 4 is 27.3 Å². The number of nitrogens with one attached hydrogen (secondary N) is 1. The smallest absolute Gasteiger partial charge is 0.0676 e. The molecule has 2 atom stereocenters. The van der Waals surface area contributed by atoms with Gasteiger partial charge in [0.25, 0.3) is 0 Å². The van der Waals surface area contributed by atoms with Gasteiger partial charge in [-0.1, -0.05) is 0 Å². The summed E-state index contributed by atoms with van der Waals surface area (Å²) in [5, 5.41) is 14.2. The zero-order valence-electron chi connectivity index (χ0n) is 6.96. The van der Waals surface area contributed by atoms with Crippen molar-refractivity contribution in [2.75, 3.05) is 13.1 Å². The number of nitriles is 1. The summed E-state index contributed by atoms with van der Waals surface area (Å²) in [4.78, 5) is 1.31. The summed E-state index contributed by atoms with van der Waals surface area (Å²) in [5.74, 6) is 0.534. The van der Waals surface area contributed by atoms with E-state index in [9.17, 15) is 0 Å². The Bertz CT molecular complexity index is 342. The number of halogens is 1. The van der Waals surface area contributed by atoms with Crippen LogP contribution in [-0.4, -0.2) is 13.1 Å². The average molecular weight is 257 g/mol. The Labute approximate surface area is 89.7 Å². The molecule has 1 N–H and O–H groups in total. The fourth-order valence-corrected chi connectivity index (χ4v) is 3.25. The standard InChI is InChI=1S/C9H9BrN2S/c10-7-1-9(13-5-7)8-4-12-3-6(8)2-11/h1,5-6,8,12H,3-4H2/t6-,8-/m1/s1. The van der Waals surface area contributed by atoms with Crippen molar-refractivity contribution in [1.82, 2.24) is 5.32 Å². The first-order chi connectivity index (χ1) is 6.31. The molecular formula is C9H9BrN2S. The quantitative estimate of drug-likeness (QED) is 0.838. The van der Waals surface area contributed by atoms with Crippen molar-refractivity contribution in [3.05, 3.63) is 20.8 Å². The Morgan fingerprint density at radius 3 is 3.08 bits per heavy atom. The Balaban J connectivity index is 2.21. The van der Waals surface area contributed by atoms with Gasteiger partial charge in [-0.15, -0.1) is 11.3 Å². The minimum Gasteiger partial charge on any atom is -0.315 e. The molecule has 0 spiro atoms. The van der Waals surface area contributed by atoms with E-state index in [2.05, 4.69) is 38.8 Å². The van der Waals surface area contributed by atoms with Crippen molar-refractivity contribution in [3.8, 4) is 6.07 Å². The summed E-state index contributed by atoms with van der Waals surface area (Å²) in [7, 11) is 0. The molecule has 1 aromatic rings. The van der Waals surface area contributed by atoms with Gasteiger partial charge in [0.2, 0.25) is 0 Å². The van der Waals surface area contributed by atoms with E-state index in [4.69, 9.17) is 5.26 Å². The van der Waals surface area contributed by atoms with Crippen LogP contribution in [0.15, 0.2) is 15.9 Å². The summed E-state index contributed by atoms with van der Waals surface area (Å²) in [6.07, 6.45) is 0. The van der Waals surface area contributed by atoms with Crippen molar-refractivity contribution in [2.24, 2.45) is 5.92 Å². The van der Waals surface area contributed by atoms with E-state index in [0.29, 0.717) is 5.92 Å². The third-order valence-corrected chi connectivity index (χ3v) is 4.16. The molecule has 0 aliphatic carbocycles. The zero-order chi connectivity index (χ0) is 9.26. The molecule has 4 heteroatoms. The summed E-state index contributed by atoms with van der Waals surface area (Å²) in [6, 6.07) is 4.47. The molecule has 68 valence electrons. The Hall–Kier alpha value is -0.370. The molecule has 1 saturated heterocycles. The van der Waals surface area contributed by atoms with Crippen LogP contribution < -0.4 is 5.32 Å². The van der Waals surface area contributed by atoms with Gasteiger partial charge < -0.3 is 5.32 Å². The van der Waals surface area contributed by atoms with Gasteiger partial charge in [0.05, 0.1) is 12.0 Å². The first-order valence-electron chi connectivity index (χ1n) is 4.15. The lowest BCUT2D eigenvalue weighted by Gasteiger charge is -2.08. The predicted molar refractivity (Wildman–Crippen MR) is 56.7 cm³/mol. The van der Waals surface area contributed by atoms with Gasteiger partial charge in [-0.3, -0.25) is 0 Å². The second kappa shape index (κ2) is 3.79. The van der Waals surface area contributed by atoms with Crippen LogP contribution in [0.2, 0.25) is 0 Å². The SMILES string of the molecule is N#C[C@@H]1CNC[C@H]1c1cc(Br)cs1. The molecule has 2 rings (SSSR count). The van der Waals surface area contributed by atoms with Gasteiger partial charge in [-0.2, -0.15) is 5.26 Å². The minimum absolute atomic E-state index is 0.144. The second-order valence-corrected chi connectivity index (χ2v) is 5.03. The zero-order valence-corrected chi connectivity index (χ0v) is 9.36. The topological polar surface area (TPSA) is 35.8 Å². The third-order valence-electron chi connectivity index (χ3n) is 2.33. The molecule has 1 aliphatic rings. The van der Waals surface area contributed by atoms with E-state index >= 15 is 0 Å².